The van der Waals surface area contributed by atoms with Crippen molar-refractivity contribution in [1.29, 1.82) is 0 Å². The fourth-order valence-electron chi connectivity index (χ4n) is 3.43. The zero-order chi connectivity index (χ0) is 20.9. The van der Waals surface area contributed by atoms with E-state index < -0.39 is 0 Å². The Morgan fingerprint density at radius 3 is 2.37 bits per heavy atom. The molecule has 1 aliphatic heterocycles. The predicted molar refractivity (Wildman–Crippen MR) is 111 cm³/mol. The second-order valence-corrected chi connectivity index (χ2v) is 6.96. The Balaban J connectivity index is 1.32. The minimum absolute atomic E-state index is 0.141. The molecule has 0 bridgehead atoms. The third-order valence-corrected chi connectivity index (χ3v) is 5.07. The van der Waals surface area contributed by atoms with Crippen LogP contribution in [0.5, 0.6) is 11.5 Å². The summed E-state index contributed by atoms with van der Waals surface area (Å²) in [5.74, 6) is 1.71. The summed E-state index contributed by atoms with van der Waals surface area (Å²) in [7, 11) is 1.59. The number of para-hydroxylation sites is 2. The molecule has 0 unspecified atom stereocenters. The van der Waals surface area contributed by atoms with Gasteiger partial charge in [0.25, 0.3) is 5.91 Å². The number of halogens is 1. The number of ether oxygens (including phenoxy) is 2. The molecule has 156 valence electrons. The van der Waals surface area contributed by atoms with Crippen LogP contribution in [0.15, 0.2) is 65.1 Å². The summed E-state index contributed by atoms with van der Waals surface area (Å²) in [4.78, 5) is 16.7. The largest absolute Gasteiger partial charge is 0.493 e. The first kappa shape index (κ1) is 19.8. The summed E-state index contributed by atoms with van der Waals surface area (Å²) in [6.45, 7) is 2.71. The van der Waals surface area contributed by atoms with Crippen LogP contribution in [0.2, 0.25) is 0 Å². The van der Waals surface area contributed by atoms with Gasteiger partial charge in [-0.25, -0.2) is 4.39 Å². The second kappa shape index (κ2) is 8.90. The molecule has 0 N–H and O–H groups in total. The van der Waals surface area contributed by atoms with Gasteiger partial charge in [-0.2, -0.15) is 0 Å². The van der Waals surface area contributed by atoms with Gasteiger partial charge in [0.2, 0.25) is 0 Å². The minimum Gasteiger partial charge on any atom is -0.493 e. The van der Waals surface area contributed by atoms with Crippen LogP contribution in [0.25, 0.3) is 0 Å². The lowest BCUT2D eigenvalue weighted by atomic mass is 10.2. The molecule has 1 saturated heterocycles. The SMILES string of the molecule is COc1ccccc1OCc1ccc(C(=O)N2CCN(c3ccc(F)cc3)CC2)o1. The second-order valence-electron chi connectivity index (χ2n) is 6.96. The smallest absolute Gasteiger partial charge is 0.289 e. The minimum atomic E-state index is -0.254. The predicted octanol–water partition coefficient (Wildman–Crippen LogP) is 3.97. The summed E-state index contributed by atoms with van der Waals surface area (Å²) in [5.41, 5.74) is 0.956. The molecule has 0 radical (unpaired) electrons. The first-order valence-electron chi connectivity index (χ1n) is 9.78. The molecule has 0 atom stereocenters. The monoisotopic (exact) mass is 410 g/mol. The number of nitrogens with zero attached hydrogens (tertiary/aromatic N) is 2. The fraction of sp³-hybridized carbons (Fsp3) is 0.261. The lowest BCUT2D eigenvalue weighted by Gasteiger charge is -2.35. The molecule has 7 heteroatoms. The van der Waals surface area contributed by atoms with E-state index in [9.17, 15) is 9.18 Å². The number of hydrogen-bond acceptors (Lipinski definition) is 5. The highest BCUT2D eigenvalue weighted by atomic mass is 19.1. The molecule has 3 aromatic rings. The van der Waals surface area contributed by atoms with Gasteiger partial charge in [0.05, 0.1) is 7.11 Å². The van der Waals surface area contributed by atoms with Gasteiger partial charge >= 0.3 is 0 Å². The summed E-state index contributed by atoms with van der Waals surface area (Å²) in [6, 6.07) is 17.2. The number of furan rings is 1. The van der Waals surface area contributed by atoms with E-state index in [2.05, 4.69) is 4.90 Å². The molecule has 1 aliphatic rings. The van der Waals surface area contributed by atoms with Gasteiger partial charge in [-0.3, -0.25) is 4.79 Å². The number of carbonyl (C=O) groups is 1. The summed E-state index contributed by atoms with van der Waals surface area (Å²) >= 11 is 0. The standard InChI is InChI=1S/C23H23FN2O4/c1-28-20-4-2-3-5-21(20)29-16-19-10-11-22(30-19)23(27)26-14-12-25(13-15-26)18-8-6-17(24)7-9-18/h2-11H,12-16H2,1H3. The molecular weight excluding hydrogens is 387 g/mol. The number of benzene rings is 2. The first-order valence-corrected chi connectivity index (χ1v) is 9.78. The Kier molecular flexibility index (Phi) is 5.88. The number of hydrogen-bond donors (Lipinski definition) is 0. The molecular formula is C23H23FN2O4. The molecule has 1 fully saturated rings. The van der Waals surface area contributed by atoms with E-state index in [1.807, 2.05) is 24.3 Å². The normalized spacial score (nSPS) is 13.9. The summed E-state index contributed by atoms with van der Waals surface area (Å²) in [5, 5.41) is 0. The molecule has 2 heterocycles. The van der Waals surface area contributed by atoms with Crippen molar-refractivity contribution >= 4 is 11.6 Å². The van der Waals surface area contributed by atoms with Gasteiger partial charge in [-0.1, -0.05) is 12.1 Å². The van der Waals surface area contributed by atoms with Crippen LogP contribution in [0, 0.1) is 5.82 Å². The van der Waals surface area contributed by atoms with Crippen LogP contribution in [0.3, 0.4) is 0 Å². The Labute approximate surface area is 174 Å². The van der Waals surface area contributed by atoms with Crippen molar-refractivity contribution in [3.8, 4) is 11.5 Å². The van der Waals surface area contributed by atoms with Gasteiger partial charge in [0.1, 0.15) is 18.2 Å². The Morgan fingerprint density at radius 1 is 0.967 bits per heavy atom. The van der Waals surface area contributed by atoms with Gasteiger partial charge in [0.15, 0.2) is 17.3 Å². The van der Waals surface area contributed by atoms with E-state index in [4.69, 9.17) is 13.9 Å². The van der Waals surface area contributed by atoms with E-state index in [1.165, 1.54) is 12.1 Å². The highest BCUT2D eigenvalue weighted by molar-refractivity contribution is 5.91. The van der Waals surface area contributed by atoms with Crippen molar-refractivity contribution in [3.05, 3.63) is 78.0 Å². The number of methoxy groups -OCH3 is 1. The van der Waals surface area contributed by atoms with E-state index in [1.54, 1.807) is 36.3 Å². The highest BCUT2D eigenvalue weighted by Gasteiger charge is 2.24. The molecule has 6 nitrogen and oxygen atoms in total. The maximum absolute atomic E-state index is 13.1. The molecule has 0 saturated carbocycles. The van der Waals surface area contributed by atoms with Crippen LogP contribution < -0.4 is 14.4 Å². The van der Waals surface area contributed by atoms with Crippen LogP contribution in [0.4, 0.5) is 10.1 Å². The van der Waals surface area contributed by atoms with Crippen molar-refractivity contribution in [3.63, 3.8) is 0 Å². The number of anilines is 1. The average molecular weight is 410 g/mol. The maximum Gasteiger partial charge on any atom is 0.289 e. The molecule has 0 aliphatic carbocycles. The summed E-state index contributed by atoms with van der Waals surface area (Å²) in [6.07, 6.45) is 0. The third kappa shape index (κ3) is 4.40. The maximum atomic E-state index is 13.1. The van der Waals surface area contributed by atoms with Crippen LogP contribution in [-0.2, 0) is 6.61 Å². The zero-order valence-corrected chi connectivity index (χ0v) is 16.7. The molecule has 0 spiro atoms. The van der Waals surface area contributed by atoms with Gasteiger partial charge in [0, 0.05) is 31.9 Å². The third-order valence-electron chi connectivity index (χ3n) is 5.07. The number of rotatable bonds is 6. The van der Waals surface area contributed by atoms with Crippen molar-refractivity contribution in [2.75, 3.05) is 38.2 Å². The van der Waals surface area contributed by atoms with Crippen molar-refractivity contribution in [2.24, 2.45) is 0 Å². The summed E-state index contributed by atoms with van der Waals surface area (Å²) < 4.78 is 29.8. The van der Waals surface area contributed by atoms with E-state index >= 15 is 0 Å². The quantitative estimate of drug-likeness (QED) is 0.616. The topological polar surface area (TPSA) is 55.2 Å². The molecule has 1 aromatic heterocycles. The Bertz CT molecular complexity index is 994. The van der Waals surface area contributed by atoms with Gasteiger partial charge in [-0.05, 0) is 48.5 Å². The van der Waals surface area contributed by atoms with Crippen molar-refractivity contribution in [2.45, 2.75) is 6.61 Å². The molecule has 2 aromatic carbocycles. The van der Waals surface area contributed by atoms with E-state index in [0.717, 1.165) is 5.69 Å². The van der Waals surface area contributed by atoms with Gasteiger partial charge in [-0.15, -0.1) is 0 Å². The van der Waals surface area contributed by atoms with Gasteiger partial charge < -0.3 is 23.7 Å². The van der Waals surface area contributed by atoms with E-state index in [0.29, 0.717) is 49.2 Å². The van der Waals surface area contributed by atoms with Crippen LogP contribution >= 0.6 is 0 Å². The number of amides is 1. The Hall–Kier alpha value is -3.48. The van der Waals surface area contributed by atoms with Crippen LogP contribution in [-0.4, -0.2) is 44.1 Å². The zero-order valence-electron chi connectivity index (χ0n) is 16.7. The molecule has 30 heavy (non-hydrogen) atoms. The molecule has 4 rings (SSSR count). The number of piperazine rings is 1. The van der Waals surface area contributed by atoms with E-state index in [-0.39, 0.29) is 18.3 Å². The van der Waals surface area contributed by atoms with Crippen LogP contribution in [0.1, 0.15) is 16.3 Å². The Morgan fingerprint density at radius 2 is 1.67 bits per heavy atom. The van der Waals surface area contributed by atoms with Crippen molar-refractivity contribution < 1.29 is 23.1 Å². The lowest BCUT2D eigenvalue weighted by molar-refractivity contribution is 0.0710. The number of carbonyl (C=O) groups excluding carboxylic acids is 1. The molecule has 1 amide bonds. The van der Waals surface area contributed by atoms with Crippen molar-refractivity contribution in [1.82, 2.24) is 4.90 Å². The fourth-order valence-corrected chi connectivity index (χ4v) is 3.43. The average Bonchev–Trinajstić information content (AvgIpc) is 3.27. The lowest BCUT2D eigenvalue weighted by Crippen LogP contribution is -2.48. The first-order chi connectivity index (χ1) is 14.6. The highest BCUT2D eigenvalue weighted by Crippen LogP contribution is 2.27.